The van der Waals surface area contributed by atoms with Gasteiger partial charge in [-0.15, -0.1) is 0 Å². The largest absolute Gasteiger partial charge is 0.263 e. The Morgan fingerprint density at radius 2 is 2.00 bits per heavy atom. The van der Waals surface area contributed by atoms with Crippen molar-refractivity contribution < 1.29 is 8.42 Å². The number of pyridine rings is 1. The maximum Gasteiger partial charge on any atom is 0.245 e. The standard InChI is InChI=1S/C13H14N4O2S/c18-20(19,11-3-1-5-14-9-11)17-8-2-4-13(17)12-10-15-6-7-16-12/h1,3,5-7,9-10,13H,2,4,8H2. The monoisotopic (exact) mass is 290 g/mol. The summed E-state index contributed by atoms with van der Waals surface area (Å²) in [5.74, 6) is 0. The zero-order valence-electron chi connectivity index (χ0n) is 10.8. The molecule has 20 heavy (non-hydrogen) atoms. The summed E-state index contributed by atoms with van der Waals surface area (Å²) < 4.78 is 26.8. The second kappa shape index (κ2) is 5.26. The molecule has 104 valence electrons. The van der Waals surface area contributed by atoms with Gasteiger partial charge in [-0.1, -0.05) is 0 Å². The van der Waals surface area contributed by atoms with Crippen LogP contribution in [0.2, 0.25) is 0 Å². The average Bonchev–Trinajstić information content (AvgIpc) is 2.99. The Labute approximate surface area is 117 Å². The molecule has 2 aromatic heterocycles. The van der Waals surface area contributed by atoms with Crippen LogP contribution >= 0.6 is 0 Å². The molecule has 0 saturated carbocycles. The summed E-state index contributed by atoms with van der Waals surface area (Å²) in [4.78, 5) is 12.4. The smallest absolute Gasteiger partial charge is 0.245 e. The molecule has 7 heteroatoms. The number of rotatable bonds is 3. The fraction of sp³-hybridized carbons (Fsp3) is 0.308. The van der Waals surface area contributed by atoms with Crippen LogP contribution in [0.15, 0.2) is 48.0 Å². The fourth-order valence-electron chi connectivity index (χ4n) is 2.44. The van der Waals surface area contributed by atoms with Crippen LogP contribution < -0.4 is 0 Å². The molecule has 1 atom stereocenters. The van der Waals surface area contributed by atoms with Crippen molar-refractivity contribution in [2.75, 3.05) is 6.54 Å². The van der Waals surface area contributed by atoms with Crippen molar-refractivity contribution in [2.45, 2.75) is 23.8 Å². The molecule has 1 saturated heterocycles. The quantitative estimate of drug-likeness (QED) is 0.854. The Kier molecular flexibility index (Phi) is 3.45. The van der Waals surface area contributed by atoms with Crippen molar-refractivity contribution in [3.05, 3.63) is 48.8 Å². The SMILES string of the molecule is O=S(=O)(c1cccnc1)N1CCCC1c1cnccn1. The first-order valence-corrected chi connectivity index (χ1v) is 7.81. The van der Waals surface area contributed by atoms with Gasteiger partial charge in [-0.3, -0.25) is 15.0 Å². The number of hydrogen-bond acceptors (Lipinski definition) is 5. The van der Waals surface area contributed by atoms with Crippen molar-refractivity contribution in [3.8, 4) is 0 Å². The van der Waals surface area contributed by atoms with Crippen molar-refractivity contribution in [1.82, 2.24) is 19.3 Å². The summed E-state index contributed by atoms with van der Waals surface area (Å²) in [6.45, 7) is 0.498. The van der Waals surface area contributed by atoms with Crippen LogP contribution in [0.4, 0.5) is 0 Å². The number of sulfonamides is 1. The van der Waals surface area contributed by atoms with Crippen LogP contribution in [0.3, 0.4) is 0 Å². The summed E-state index contributed by atoms with van der Waals surface area (Å²) in [5.41, 5.74) is 0.692. The first-order chi connectivity index (χ1) is 9.69. The first-order valence-electron chi connectivity index (χ1n) is 6.37. The van der Waals surface area contributed by atoms with Gasteiger partial charge in [0.2, 0.25) is 10.0 Å². The summed E-state index contributed by atoms with van der Waals surface area (Å²) in [6, 6.07) is 2.95. The molecule has 2 aromatic rings. The maximum absolute atomic E-state index is 12.7. The lowest BCUT2D eigenvalue weighted by Crippen LogP contribution is -2.31. The highest BCUT2D eigenvalue weighted by molar-refractivity contribution is 7.89. The maximum atomic E-state index is 12.7. The predicted octanol–water partition coefficient (Wildman–Crippen LogP) is 1.40. The minimum absolute atomic E-state index is 0.218. The highest BCUT2D eigenvalue weighted by atomic mass is 32.2. The molecule has 6 nitrogen and oxygen atoms in total. The molecule has 0 radical (unpaired) electrons. The summed E-state index contributed by atoms with van der Waals surface area (Å²) in [7, 11) is -3.53. The van der Waals surface area contributed by atoms with Crippen LogP contribution in [0.5, 0.6) is 0 Å². The van der Waals surface area contributed by atoms with E-state index in [0.29, 0.717) is 12.2 Å². The van der Waals surface area contributed by atoms with Gasteiger partial charge in [0.1, 0.15) is 4.90 Å². The molecule has 0 bridgehead atoms. The van der Waals surface area contributed by atoms with Crippen LogP contribution in [0.25, 0.3) is 0 Å². The van der Waals surface area contributed by atoms with Gasteiger partial charge in [0, 0.05) is 31.3 Å². The minimum atomic E-state index is -3.53. The Balaban J connectivity index is 1.97. The minimum Gasteiger partial charge on any atom is -0.263 e. The van der Waals surface area contributed by atoms with E-state index in [1.165, 1.54) is 10.5 Å². The van der Waals surface area contributed by atoms with Crippen molar-refractivity contribution >= 4 is 10.0 Å². The summed E-state index contributed by atoms with van der Waals surface area (Å²) in [6.07, 6.45) is 9.31. The molecule has 3 heterocycles. The van der Waals surface area contributed by atoms with E-state index < -0.39 is 10.0 Å². The number of nitrogens with zero attached hydrogens (tertiary/aromatic N) is 4. The zero-order valence-corrected chi connectivity index (χ0v) is 11.6. The summed E-state index contributed by atoms with van der Waals surface area (Å²) >= 11 is 0. The van der Waals surface area contributed by atoms with Gasteiger partial charge in [-0.05, 0) is 25.0 Å². The topological polar surface area (TPSA) is 76.1 Å². The Morgan fingerprint density at radius 3 is 2.70 bits per heavy atom. The Morgan fingerprint density at radius 1 is 1.15 bits per heavy atom. The van der Waals surface area contributed by atoms with Crippen LogP contribution in [0, 0.1) is 0 Å². The molecular weight excluding hydrogens is 276 g/mol. The molecule has 0 amide bonds. The molecule has 1 fully saturated rings. The number of aromatic nitrogens is 3. The molecule has 1 aliphatic rings. The number of hydrogen-bond donors (Lipinski definition) is 0. The second-order valence-corrected chi connectivity index (χ2v) is 6.48. The van der Waals surface area contributed by atoms with E-state index >= 15 is 0 Å². The molecule has 0 spiro atoms. The van der Waals surface area contributed by atoms with Crippen molar-refractivity contribution in [2.24, 2.45) is 0 Å². The van der Waals surface area contributed by atoms with E-state index in [1.807, 2.05) is 0 Å². The highest BCUT2D eigenvalue weighted by Crippen LogP contribution is 2.34. The lowest BCUT2D eigenvalue weighted by Gasteiger charge is -2.23. The van der Waals surface area contributed by atoms with E-state index in [4.69, 9.17) is 0 Å². The van der Waals surface area contributed by atoms with E-state index in [0.717, 1.165) is 12.8 Å². The molecule has 1 unspecified atom stereocenters. The van der Waals surface area contributed by atoms with Gasteiger partial charge >= 0.3 is 0 Å². The Bertz CT molecular complexity index is 676. The van der Waals surface area contributed by atoms with Crippen molar-refractivity contribution in [3.63, 3.8) is 0 Å². The normalized spacial score (nSPS) is 20.1. The Hall–Kier alpha value is -1.86. The molecule has 0 aliphatic carbocycles. The second-order valence-electron chi connectivity index (χ2n) is 4.59. The third kappa shape index (κ3) is 2.30. The highest BCUT2D eigenvalue weighted by Gasteiger charge is 2.37. The zero-order chi connectivity index (χ0) is 14.0. The first kappa shape index (κ1) is 13.1. The lowest BCUT2D eigenvalue weighted by atomic mass is 10.2. The molecule has 1 aliphatic heterocycles. The van der Waals surface area contributed by atoms with E-state index in [-0.39, 0.29) is 10.9 Å². The van der Waals surface area contributed by atoms with E-state index in [2.05, 4.69) is 15.0 Å². The van der Waals surface area contributed by atoms with Gasteiger partial charge < -0.3 is 0 Å². The molecule has 0 aromatic carbocycles. The van der Waals surface area contributed by atoms with Crippen LogP contribution in [0.1, 0.15) is 24.6 Å². The van der Waals surface area contributed by atoms with Gasteiger partial charge in [0.25, 0.3) is 0 Å². The molecular formula is C13H14N4O2S. The van der Waals surface area contributed by atoms with Gasteiger partial charge in [0.15, 0.2) is 0 Å². The van der Waals surface area contributed by atoms with E-state index in [1.54, 1.807) is 36.9 Å². The van der Waals surface area contributed by atoms with Gasteiger partial charge in [-0.2, -0.15) is 4.31 Å². The predicted molar refractivity (Wildman–Crippen MR) is 72.1 cm³/mol. The van der Waals surface area contributed by atoms with E-state index in [9.17, 15) is 8.42 Å². The molecule has 3 rings (SSSR count). The van der Waals surface area contributed by atoms with Crippen LogP contribution in [-0.2, 0) is 10.0 Å². The van der Waals surface area contributed by atoms with Gasteiger partial charge in [-0.25, -0.2) is 8.42 Å². The van der Waals surface area contributed by atoms with Crippen molar-refractivity contribution in [1.29, 1.82) is 0 Å². The van der Waals surface area contributed by atoms with Crippen LogP contribution in [-0.4, -0.2) is 34.2 Å². The fourth-order valence-corrected chi connectivity index (χ4v) is 4.07. The third-order valence-electron chi connectivity index (χ3n) is 3.37. The third-order valence-corrected chi connectivity index (χ3v) is 5.26. The van der Waals surface area contributed by atoms with Gasteiger partial charge in [0.05, 0.1) is 17.9 Å². The summed E-state index contributed by atoms with van der Waals surface area (Å²) in [5, 5.41) is 0. The lowest BCUT2D eigenvalue weighted by molar-refractivity contribution is 0.389. The average molecular weight is 290 g/mol. The molecule has 0 N–H and O–H groups in total.